The number of phosphoric ester groups is 1. The van der Waals surface area contributed by atoms with Crippen molar-refractivity contribution in [2.45, 2.75) is 13.8 Å². The van der Waals surface area contributed by atoms with Crippen LogP contribution in [0, 0.1) is 13.8 Å². The molecule has 0 atom stereocenters. The van der Waals surface area contributed by atoms with Crippen LogP contribution in [0.1, 0.15) is 11.1 Å². The predicted molar refractivity (Wildman–Crippen MR) is 97.2 cm³/mol. The van der Waals surface area contributed by atoms with E-state index in [-0.39, 0.29) is 64.9 Å². The van der Waals surface area contributed by atoms with Crippen LogP contribution in [0.15, 0.2) is 42.6 Å². The molecule has 0 spiro atoms. The third kappa shape index (κ3) is 6.16. The Labute approximate surface area is 212 Å². The molecule has 0 bridgehead atoms. The van der Waals surface area contributed by atoms with Crippen molar-refractivity contribution in [1.29, 1.82) is 0 Å². The minimum absolute atomic E-state index is 0. The normalized spacial score (nSPS) is 10.6. The van der Waals surface area contributed by atoms with Gasteiger partial charge >= 0.3 is 59.1 Å². The second-order valence-corrected chi connectivity index (χ2v) is 7.63. The van der Waals surface area contributed by atoms with Crippen molar-refractivity contribution < 1.29 is 82.7 Å². The van der Waals surface area contributed by atoms with E-state index in [0.29, 0.717) is 0 Å². The van der Waals surface area contributed by atoms with Gasteiger partial charge in [-0.2, -0.15) is 4.37 Å². The summed E-state index contributed by atoms with van der Waals surface area (Å²) in [5, 5.41) is 0. The largest absolute Gasteiger partial charge is 1.00 e. The van der Waals surface area contributed by atoms with Gasteiger partial charge in [-0.3, -0.25) is 0 Å². The van der Waals surface area contributed by atoms with Gasteiger partial charge < -0.3 is 23.6 Å². The molecular formula is C18H16NNa2O5PS. The Hall–Kier alpha value is -0.180. The van der Waals surface area contributed by atoms with Crippen LogP contribution in [-0.2, 0) is 4.57 Å². The van der Waals surface area contributed by atoms with Gasteiger partial charge in [0.15, 0.2) is 0 Å². The summed E-state index contributed by atoms with van der Waals surface area (Å²) in [5.74, 6) is 0.796. The standard InChI is InChI=1S/C18H18NO5PS.2Na/c1-11-8-14(9-17(23-3)12(11)2)18-16(10-19-26-18)13-4-6-15(7-5-13)24-25(20,21)22;;/h4-10H,1-3H3,(H2,20,21,22);;/q;2*+1/p-2. The number of hydrogen-bond donors (Lipinski definition) is 0. The minimum atomic E-state index is -5.06. The van der Waals surface area contributed by atoms with E-state index in [1.54, 1.807) is 25.4 Å². The number of phosphoric acid groups is 1. The average molecular weight is 435 g/mol. The number of benzene rings is 2. The van der Waals surface area contributed by atoms with E-state index in [1.807, 2.05) is 19.9 Å². The Bertz CT molecular complexity index is 988. The second-order valence-electron chi connectivity index (χ2n) is 5.75. The molecule has 3 rings (SSSR count). The van der Waals surface area contributed by atoms with E-state index in [9.17, 15) is 14.4 Å². The molecule has 28 heavy (non-hydrogen) atoms. The maximum Gasteiger partial charge on any atom is 1.00 e. The summed E-state index contributed by atoms with van der Waals surface area (Å²) in [6.45, 7) is 4.04. The van der Waals surface area contributed by atoms with E-state index in [0.717, 1.165) is 38.4 Å². The number of aryl methyl sites for hydroxylation is 1. The first-order chi connectivity index (χ1) is 12.3. The van der Waals surface area contributed by atoms with Crippen molar-refractivity contribution in [2.75, 3.05) is 7.11 Å². The van der Waals surface area contributed by atoms with Gasteiger partial charge in [-0.1, -0.05) is 18.2 Å². The van der Waals surface area contributed by atoms with E-state index in [1.165, 1.54) is 23.7 Å². The number of hydrogen-bond acceptors (Lipinski definition) is 7. The van der Waals surface area contributed by atoms with Crippen molar-refractivity contribution in [3.8, 4) is 33.1 Å². The summed E-state index contributed by atoms with van der Waals surface area (Å²) in [4.78, 5) is 22.4. The van der Waals surface area contributed by atoms with Gasteiger partial charge in [-0.15, -0.1) is 0 Å². The zero-order chi connectivity index (χ0) is 18.9. The van der Waals surface area contributed by atoms with E-state index in [2.05, 4.69) is 15.0 Å². The molecule has 0 aliphatic heterocycles. The number of aromatic nitrogens is 1. The Kier molecular flexibility index (Phi) is 9.91. The third-order valence-electron chi connectivity index (χ3n) is 4.05. The molecule has 0 aliphatic rings. The summed E-state index contributed by atoms with van der Waals surface area (Å²) in [5.41, 5.74) is 4.93. The molecule has 1 aromatic heterocycles. The third-order valence-corrected chi connectivity index (χ3v) is 5.34. The van der Waals surface area contributed by atoms with Gasteiger partial charge in [0, 0.05) is 11.8 Å². The van der Waals surface area contributed by atoms with Crippen molar-refractivity contribution in [3.05, 3.63) is 53.7 Å². The first-order valence-electron chi connectivity index (χ1n) is 7.71. The van der Waals surface area contributed by atoms with E-state index >= 15 is 0 Å². The smallest absolute Gasteiger partial charge is 0.780 e. The molecule has 0 aliphatic carbocycles. The molecule has 1 heterocycles. The van der Waals surface area contributed by atoms with Crippen molar-refractivity contribution in [3.63, 3.8) is 0 Å². The molecule has 0 saturated carbocycles. The summed E-state index contributed by atoms with van der Waals surface area (Å²) in [6.07, 6.45) is 1.75. The van der Waals surface area contributed by atoms with Crippen LogP contribution < -0.4 is 78.2 Å². The summed E-state index contributed by atoms with van der Waals surface area (Å²) >= 11 is 1.36. The molecule has 10 heteroatoms. The fraction of sp³-hybridized carbons (Fsp3) is 0.167. The summed E-state index contributed by atoms with van der Waals surface area (Å²) in [6, 6.07) is 10.3. The van der Waals surface area contributed by atoms with Crippen LogP contribution >= 0.6 is 19.4 Å². The van der Waals surface area contributed by atoms with E-state index in [4.69, 9.17) is 4.74 Å². The van der Waals surface area contributed by atoms with Gasteiger partial charge in [-0.25, -0.2) is 0 Å². The fourth-order valence-corrected chi connectivity index (χ4v) is 3.78. The Morgan fingerprint density at radius 2 is 1.68 bits per heavy atom. The van der Waals surface area contributed by atoms with Crippen LogP contribution in [0.4, 0.5) is 0 Å². The number of rotatable bonds is 5. The molecule has 0 N–H and O–H groups in total. The Morgan fingerprint density at radius 1 is 1.04 bits per heavy atom. The molecule has 136 valence electrons. The SMILES string of the molecule is COc1cc(-c2sncc2-c2ccc(OP(=O)([O-])[O-])cc2)cc(C)c1C.[Na+].[Na+]. The van der Waals surface area contributed by atoms with Gasteiger partial charge in [0.25, 0.3) is 0 Å². The van der Waals surface area contributed by atoms with Crippen LogP contribution in [0.25, 0.3) is 21.6 Å². The second kappa shape index (κ2) is 10.7. The fourth-order valence-electron chi connectivity index (χ4n) is 2.65. The molecule has 0 fully saturated rings. The zero-order valence-corrected chi connectivity index (χ0v) is 22.1. The van der Waals surface area contributed by atoms with Gasteiger partial charge in [0.1, 0.15) is 19.3 Å². The van der Waals surface area contributed by atoms with Crippen molar-refractivity contribution in [2.24, 2.45) is 0 Å². The number of methoxy groups -OCH3 is 1. The number of nitrogens with zero attached hydrogens (tertiary/aromatic N) is 1. The monoisotopic (exact) mass is 435 g/mol. The van der Waals surface area contributed by atoms with Gasteiger partial charge in [0.05, 0.1) is 12.0 Å². The first-order valence-corrected chi connectivity index (χ1v) is 9.94. The Morgan fingerprint density at radius 3 is 2.25 bits per heavy atom. The maximum absolute atomic E-state index is 10.7. The molecule has 0 unspecified atom stereocenters. The molecule has 2 aromatic carbocycles. The molecule has 0 radical (unpaired) electrons. The molecular weight excluding hydrogens is 419 g/mol. The molecule has 3 aromatic rings. The van der Waals surface area contributed by atoms with Crippen LogP contribution in [-0.4, -0.2) is 11.5 Å². The van der Waals surface area contributed by atoms with Crippen LogP contribution in [0.3, 0.4) is 0 Å². The molecule has 6 nitrogen and oxygen atoms in total. The zero-order valence-electron chi connectivity index (χ0n) is 16.4. The first kappa shape index (κ1) is 25.9. The van der Waals surface area contributed by atoms with Crippen LogP contribution in [0.2, 0.25) is 0 Å². The van der Waals surface area contributed by atoms with Crippen LogP contribution in [0.5, 0.6) is 11.5 Å². The maximum atomic E-state index is 10.7. The Balaban J connectivity index is 0.00000196. The molecule has 0 amide bonds. The molecule has 0 saturated heterocycles. The quantitative estimate of drug-likeness (QED) is 0.320. The minimum Gasteiger partial charge on any atom is -0.780 e. The van der Waals surface area contributed by atoms with Gasteiger partial charge in [-0.05, 0) is 65.8 Å². The predicted octanol–water partition coefficient (Wildman–Crippen LogP) is -2.68. The summed E-state index contributed by atoms with van der Waals surface area (Å²) < 4.78 is 24.8. The average Bonchev–Trinajstić information content (AvgIpc) is 3.06. The topological polar surface area (TPSA) is 94.5 Å². The number of ether oxygens (including phenoxy) is 1. The van der Waals surface area contributed by atoms with Crippen molar-refractivity contribution in [1.82, 2.24) is 4.37 Å². The van der Waals surface area contributed by atoms with Crippen molar-refractivity contribution >= 4 is 19.4 Å². The summed E-state index contributed by atoms with van der Waals surface area (Å²) in [7, 11) is -3.42. The van der Waals surface area contributed by atoms with E-state index < -0.39 is 7.82 Å². The van der Waals surface area contributed by atoms with Gasteiger partial charge in [0.2, 0.25) is 0 Å².